The first-order valence-electron chi connectivity index (χ1n) is 8.38. The minimum Gasteiger partial charge on any atom is -0.379 e. The number of hydrogen-bond acceptors (Lipinski definition) is 4. The minimum absolute atomic E-state index is 0.0119. The van der Waals surface area contributed by atoms with Crippen molar-refractivity contribution >= 4 is 16.0 Å². The van der Waals surface area contributed by atoms with Crippen LogP contribution < -0.4 is 4.18 Å². The lowest BCUT2D eigenvalue weighted by molar-refractivity contribution is -0.129. The van der Waals surface area contributed by atoms with Crippen molar-refractivity contribution in [2.45, 2.75) is 31.2 Å². The third kappa shape index (κ3) is 4.82. The lowest BCUT2D eigenvalue weighted by Crippen LogP contribution is -2.30. The van der Waals surface area contributed by atoms with Crippen molar-refractivity contribution in [1.29, 1.82) is 0 Å². The first-order valence-corrected chi connectivity index (χ1v) is 9.79. The van der Waals surface area contributed by atoms with Gasteiger partial charge in [0.05, 0.1) is 0 Å². The van der Waals surface area contributed by atoms with Crippen molar-refractivity contribution in [2.75, 3.05) is 6.54 Å². The summed E-state index contributed by atoms with van der Waals surface area (Å²) in [6, 6.07) is 11.1. The Labute approximate surface area is 152 Å². The highest BCUT2D eigenvalue weighted by Gasteiger charge is 2.25. The van der Waals surface area contributed by atoms with Crippen LogP contribution in [0, 0.1) is 11.7 Å². The first kappa shape index (κ1) is 18.4. The molecule has 0 bridgehead atoms. The van der Waals surface area contributed by atoms with E-state index in [1.165, 1.54) is 13.0 Å². The Kier molecular flexibility index (Phi) is 5.27. The van der Waals surface area contributed by atoms with Gasteiger partial charge in [-0.05, 0) is 60.7 Å². The van der Waals surface area contributed by atoms with E-state index in [0.29, 0.717) is 19.0 Å². The van der Waals surface area contributed by atoms with Gasteiger partial charge in [0.1, 0.15) is 16.5 Å². The van der Waals surface area contributed by atoms with E-state index in [9.17, 15) is 17.6 Å². The number of benzene rings is 2. The van der Waals surface area contributed by atoms with E-state index in [-0.39, 0.29) is 16.6 Å². The van der Waals surface area contributed by atoms with E-state index in [2.05, 4.69) is 0 Å². The predicted octanol–water partition coefficient (Wildman–Crippen LogP) is 3.35. The molecule has 1 aliphatic carbocycles. The molecule has 3 rings (SSSR count). The quantitative estimate of drug-likeness (QED) is 0.694. The number of halogens is 1. The number of hydrogen-bond donors (Lipinski definition) is 0. The average Bonchev–Trinajstić information content (AvgIpc) is 3.38. The summed E-state index contributed by atoms with van der Waals surface area (Å²) in [6.45, 7) is 2.65. The zero-order chi connectivity index (χ0) is 18.7. The van der Waals surface area contributed by atoms with E-state index in [4.69, 9.17) is 4.18 Å². The molecule has 1 saturated carbocycles. The van der Waals surface area contributed by atoms with Crippen LogP contribution in [0.25, 0.3) is 0 Å². The van der Waals surface area contributed by atoms with Gasteiger partial charge in [0.25, 0.3) is 0 Å². The standard InChI is InChI=1S/C19H20FNO4S/c1-14(22)21(12-15-5-6-15)13-16-3-2-4-18(11-16)25-26(23,24)19-9-7-17(20)8-10-19/h2-4,7-11,15H,5-6,12-13H2,1H3. The van der Waals surface area contributed by atoms with Gasteiger partial charge in [-0.2, -0.15) is 8.42 Å². The lowest BCUT2D eigenvalue weighted by Gasteiger charge is -2.21. The Balaban J connectivity index is 1.74. The molecule has 0 atom stereocenters. The molecule has 2 aromatic carbocycles. The topological polar surface area (TPSA) is 63.7 Å². The molecule has 138 valence electrons. The van der Waals surface area contributed by atoms with Crippen LogP contribution in [-0.2, 0) is 21.5 Å². The highest BCUT2D eigenvalue weighted by molar-refractivity contribution is 7.87. The SMILES string of the molecule is CC(=O)N(Cc1cccc(OS(=O)(=O)c2ccc(F)cc2)c1)CC1CC1. The van der Waals surface area contributed by atoms with E-state index in [1.54, 1.807) is 17.0 Å². The fourth-order valence-electron chi connectivity index (χ4n) is 2.61. The van der Waals surface area contributed by atoms with Gasteiger partial charge in [0, 0.05) is 20.0 Å². The Morgan fingerprint density at radius 2 is 1.88 bits per heavy atom. The molecule has 0 aromatic heterocycles. The van der Waals surface area contributed by atoms with Gasteiger partial charge in [-0.15, -0.1) is 0 Å². The molecule has 0 unspecified atom stereocenters. The number of nitrogens with zero attached hydrogens (tertiary/aromatic N) is 1. The third-order valence-corrected chi connectivity index (χ3v) is 5.46. The summed E-state index contributed by atoms with van der Waals surface area (Å²) in [5.74, 6) is 0.187. The van der Waals surface area contributed by atoms with Gasteiger partial charge in [-0.3, -0.25) is 4.79 Å². The molecule has 0 aliphatic heterocycles. The third-order valence-electron chi connectivity index (χ3n) is 4.20. The summed E-state index contributed by atoms with van der Waals surface area (Å²) >= 11 is 0. The van der Waals surface area contributed by atoms with Crippen LogP contribution in [0.2, 0.25) is 0 Å². The molecule has 0 radical (unpaired) electrons. The molecule has 1 amide bonds. The van der Waals surface area contributed by atoms with Crippen molar-refractivity contribution in [3.05, 3.63) is 59.9 Å². The maximum atomic E-state index is 13.0. The van der Waals surface area contributed by atoms with Crippen LogP contribution in [0.3, 0.4) is 0 Å². The highest BCUT2D eigenvalue weighted by Crippen LogP contribution is 2.30. The molecular formula is C19H20FNO4S. The monoisotopic (exact) mass is 377 g/mol. The fraction of sp³-hybridized carbons (Fsp3) is 0.316. The van der Waals surface area contributed by atoms with Gasteiger partial charge >= 0.3 is 10.1 Å². The van der Waals surface area contributed by atoms with Crippen molar-refractivity contribution < 1.29 is 21.8 Å². The molecular weight excluding hydrogens is 357 g/mol. The average molecular weight is 377 g/mol. The van der Waals surface area contributed by atoms with Crippen LogP contribution >= 0.6 is 0 Å². The molecule has 1 aliphatic rings. The molecule has 0 spiro atoms. The summed E-state index contributed by atoms with van der Waals surface area (Å²) in [5, 5.41) is 0. The molecule has 1 fully saturated rings. The zero-order valence-electron chi connectivity index (χ0n) is 14.4. The Hall–Kier alpha value is -2.41. The van der Waals surface area contributed by atoms with E-state index >= 15 is 0 Å². The molecule has 0 N–H and O–H groups in total. The van der Waals surface area contributed by atoms with Gasteiger partial charge in [-0.25, -0.2) is 4.39 Å². The predicted molar refractivity (Wildman–Crippen MR) is 94.5 cm³/mol. The summed E-state index contributed by atoms with van der Waals surface area (Å²) in [5.41, 5.74) is 0.785. The van der Waals surface area contributed by atoms with Crippen molar-refractivity contribution in [2.24, 2.45) is 5.92 Å². The van der Waals surface area contributed by atoms with Crippen molar-refractivity contribution in [3.63, 3.8) is 0 Å². The molecule has 2 aromatic rings. The van der Waals surface area contributed by atoms with Gasteiger partial charge < -0.3 is 9.08 Å². The second-order valence-corrected chi connectivity index (χ2v) is 8.03. The van der Waals surface area contributed by atoms with E-state index < -0.39 is 15.9 Å². The summed E-state index contributed by atoms with van der Waals surface area (Å²) in [7, 11) is -4.05. The highest BCUT2D eigenvalue weighted by atomic mass is 32.2. The van der Waals surface area contributed by atoms with Crippen LogP contribution in [0.5, 0.6) is 5.75 Å². The van der Waals surface area contributed by atoms with Gasteiger partial charge in [0.15, 0.2) is 0 Å². The smallest absolute Gasteiger partial charge is 0.339 e. The second kappa shape index (κ2) is 7.45. The molecule has 5 nitrogen and oxygen atoms in total. The second-order valence-electron chi connectivity index (χ2n) is 6.48. The number of carbonyl (C=O) groups excluding carboxylic acids is 1. The zero-order valence-corrected chi connectivity index (χ0v) is 15.2. The maximum Gasteiger partial charge on any atom is 0.339 e. The number of amides is 1. The number of carbonyl (C=O) groups is 1. The Morgan fingerprint density at radius 1 is 1.19 bits per heavy atom. The van der Waals surface area contributed by atoms with Crippen LogP contribution in [0.4, 0.5) is 4.39 Å². The summed E-state index contributed by atoms with van der Waals surface area (Å²) < 4.78 is 42.7. The lowest BCUT2D eigenvalue weighted by atomic mass is 10.2. The van der Waals surface area contributed by atoms with E-state index in [0.717, 1.165) is 42.7 Å². The van der Waals surface area contributed by atoms with E-state index in [1.807, 2.05) is 6.07 Å². The van der Waals surface area contributed by atoms with Crippen LogP contribution in [0.15, 0.2) is 53.4 Å². The molecule has 0 heterocycles. The Morgan fingerprint density at radius 3 is 2.50 bits per heavy atom. The van der Waals surface area contributed by atoms with Crippen molar-refractivity contribution in [1.82, 2.24) is 4.90 Å². The largest absolute Gasteiger partial charge is 0.379 e. The maximum absolute atomic E-state index is 13.0. The molecule has 26 heavy (non-hydrogen) atoms. The first-order chi connectivity index (χ1) is 12.3. The van der Waals surface area contributed by atoms with Crippen molar-refractivity contribution in [3.8, 4) is 5.75 Å². The summed E-state index contributed by atoms with van der Waals surface area (Å²) in [4.78, 5) is 13.4. The van der Waals surface area contributed by atoms with Crippen LogP contribution in [-0.4, -0.2) is 25.8 Å². The summed E-state index contributed by atoms with van der Waals surface area (Å²) in [6.07, 6.45) is 2.28. The van der Waals surface area contributed by atoms with Gasteiger partial charge in [0.2, 0.25) is 5.91 Å². The van der Waals surface area contributed by atoms with Crippen LogP contribution in [0.1, 0.15) is 25.3 Å². The molecule has 0 saturated heterocycles. The molecule has 7 heteroatoms. The number of rotatable bonds is 7. The van der Waals surface area contributed by atoms with Gasteiger partial charge in [-0.1, -0.05) is 12.1 Å². The Bertz CT molecular complexity index is 892. The fourth-order valence-corrected chi connectivity index (χ4v) is 3.53. The normalized spacial score (nSPS) is 14.1. The minimum atomic E-state index is -4.05.